The zero-order valence-corrected chi connectivity index (χ0v) is 20.0. The van der Waals surface area contributed by atoms with Gasteiger partial charge in [-0.05, 0) is 116 Å². The van der Waals surface area contributed by atoms with Crippen molar-refractivity contribution in [1.82, 2.24) is 20.2 Å². The Labute approximate surface area is 186 Å². The lowest BCUT2D eigenvalue weighted by Gasteiger charge is -2.66. The summed E-state index contributed by atoms with van der Waals surface area (Å²) in [5.41, 5.74) is 0.147. The topological polar surface area (TPSA) is 80.9 Å². The zero-order chi connectivity index (χ0) is 22.2. The molecule has 1 aromatic heterocycles. The van der Waals surface area contributed by atoms with E-state index < -0.39 is 5.60 Å². The summed E-state index contributed by atoms with van der Waals surface area (Å²) in [4.78, 5) is 13.4. The molecule has 0 radical (unpaired) electrons. The first kappa shape index (κ1) is 21.5. The van der Waals surface area contributed by atoms with Crippen LogP contribution >= 0.6 is 0 Å². The molecule has 4 aliphatic carbocycles. The molecule has 6 nitrogen and oxygen atoms in total. The van der Waals surface area contributed by atoms with E-state index in [0.29, 0.717) is 29.5 Å². The van der Waals surface area contributed by atoms with E-state index in [1.165, 1.54) is 25.7 Å². The molecule has 1 aromatic rings. The Bertz CT molecular complexity index is 881. The number of aliphatic hydroxyl groups is 1. The monoisotopic (exact) mass is 428 g/mol. The van der Waals surface area contributed by atoms with E-state index in [9.17, 15) is 9.90 Å². The fourth-order valence-corrected chi connectivity index (χ4v) is 9.12. The van der Waals surface area contributed by atoms with E-state index in [1.807, 2.05) is 13.8 Å². The number of aromatic nitrogens is 4. The van der Waals surface area contributed by atoms with Crippen LogP contribution < -0.4 is 0 Å². The maximum atomic E-state index is 13.4. The molecule has 4 saturated carbocycles. The highest BCUT2D eigenvalue weighted by atomic mass is 16.3. The molecule has 0 aliphatic heterocycles. The molecule has 5 rings (SSSR count). The Morgan fingerprint density at radius 3 is 2.52 bits per heavy atom. The summed E-state index contributed by atoms with van der Waals surface area (Å²) < 4.78 is 1.66. The number of Topliss-reactive ketones (excluding diaryl/α,β-unsaturated/α-hetero) is 1. The number of carbonyl (C=O) groups is 1. The third-order valence-corrected chi connectivity index (χ3v) is 11.0. The maximum absolute atomic E-state index is 13.4. The van der Waals surface area contributed by atoms with Crippen LogP contribution in [0.5, 0.6) is 0 Å². The number of hydrogen-bond donors (Lipinski definition) is 1. The van der Waals surface area contributed by atoms with Gasteiger partial charge < -0.3 is 5.11 Å². The number of nitrogens with zero attached hydrogens (tertiary/aromatic N) is 4. The number of tetrazole rings is 1. The Morgan fingerprint density at radius 2 is 1.81 bits per heavy atom. The van der Waals surface area contributed by atoms with Gasteiger partial charge in [0.1, 0.15) is 12.4 Å². The van der Waals surface area contributed by atoms with Gasteiger partial charge in [-0.25, -0.2) is 4.68 Å². The van der Waals surface area contributed by atoms with Crippen molar-refractivity contribution in [2.75, 3.05) is 0 Å². The second kappa shape index (κ2) is 6.85. The number of hydrogen-bond acceptors (Lipinski definition) is 5. The molecule has 6 heteroatoms. The molecule has 172 valence electrons. The standard InChI is InChI=1S/C25H40N4O2/c1-16-26-27-28-29(16)14-21(30)20-7-6-18-17-8-10-22(2)15-23(3,31)12-13-25(22,5)19(17)9-11-24(18,20)4/h17-20,31H,6-15H2,1-5H3/t17-,18-,19-,20+,22+,23+,24-,25+/m0/s1. The Kier molecular flexibility index (Phi) is 4.76. The first-order valence-corrected chi connectivity index (χ1v) is 12.5. The van der Waals surface area contributed by atoms with Crippen LogP contribution in [-0.2, 0) is 11.3 Å². The molecule has 0 spiro atoms. The minimum Gasteiger partial charge on any atom is -0.390 e. The van der Waals surface area contributed by atoms with Crippen LogP contribution in [0.4, 0.5) is 0 Å². The van der Waals surface area contributed by atoms with E-state index in [4.69, 9.17) is 0 Å². The SMILES string of the molecule is Cc1nnnn1CC(=O)[C@H]1CC[C@H]2[C@@H]3CC[C@]4(C)C[C@](C)(O)CC[C@]4(C)[C@H]3CC[C@]12C. The molecule has 0 aromatic carbocycles. The Morgan fingerprint density at radius 1 is 1.03 bits per heavy atom. The van der Waals surface area contributed by atoms with Crippen molar-refractivity contribution in [3.63, 3.8) is 0 Å². The quantitative estimate of drug-likeness (QED) is 0.774. The molecule has 4 aliphatic rings. The van der Waals surface area contributed by atoms with Crippen LogP contribution in [-0.4, -0.2) is 36.7 Å². The summed E-state index contributed by atoms with van der Waals surface area (Å²) in [6.07, 6.45) is 10.1. The van der Waals surface area contributed by atoms with Crippen LogP contribution in [0.1, 0.15) is 91.3 Å². The van der Waals surface area contributed by atoms with E-state index in [-0.39, 0.29) is 16.7 Å². The highest BCUT2D eigenvalue weighted by Crippen LogP contribution is 2.71. The van der Waals surface area contributed by atoms with Crippen molar-refractivity contribution < 1.29 is 9.90 Å². The molecular weight excluding hydrogens is 388 g/mol. The second-order valence-corrected chi connectivity index (χ2v) is 12.6. The van der Waals surface area contributed by atoms with Gasteiger partial charge >= 0.3 is 0 Å². The molecule has 8 atom stereocenters. The highest BCUT2D eigenvalue weighted by Gasteiger charge is 2.64. The molecule has 4 fully saturated rings. The summed E-state index contributed by atoms with van der Waals surface area (Å²) in [5, 5.41) is 22.5. The third-order valence-electron chi connectivity index (χ3n) is 11.0. The van der Waals surface area contributed by atoms with Gasteiger partial charge in [0.2, 0.25) is 0 Å². The van der Waals surface area contributed by atoms with Gasteiger partial charge in [-0.3, -0.25) is 4.79 Å². The minimum absolute atomic E-state index is 0.116. The third kappa shape index (κ3) is 3.07. The molecule has 0 saturated heterocycles. The van der Waals surface area contributed by atoms with E-state index in [0.717, 1.165) is 43.9 Å². The molecule has 0 bridgehead atoms. The first-order valence-electron chi connectivity index (χ1n) is 12.5. The van der Waals surface area contributed by atoms with Crippen LogP contribution in [0.15, 0.2) is 0 Å². The lowest BCUT2D eigenvalue weighted by molar-refractivity contribution is -0.189. The average Bonchev–Trinajstić information content (AvgIpc) is 3.25. The fourth-order valence-electron chi connectivity index (χ4n) is 9.12. The van der Waals surface area contributed by atoms with Crippen molar-refractivity contribution in [2.45, 2.75) is 105 Å². The first-order chi connectivity index (χ1) is 14.5. The number of aryl methyl sites for hydroxylation is 1. The molecule has 1 heterocycles. The lowest BCUT2D eigenvalue weighted by Crippen LogP contribution is -2.60. The van der Waals surface area contributed by atoms with Gasteiger partial charge in [0.15, 0.2) is 5.78 Å². The summed E-state index contributed by atoms with van der Waals surface area (Å²) in [6.45, 7) is 11.6. The van der Waals surface area contributed by atoms with Gasteiger partial charge in [-0.15, -0.1) is 5.10 Å². The number of fused-ring (bicyclic) bond motifs is 5. The second-order valence-electron chi connectivity index (χ2n) is 12.6. The summed E-state index contributed by atoms with van der Waals surface area (Å²) in [7, 11) is 0. The average molecular weight is 429 g/mol. The van der Waals surface area contributed by atoms with Crippen LogP contribution in [0, 0.1) is 46.8 Å². The van der Waals surface area contributed by atoms with Crippen molar-refractivity contribution >= 4 is 5.78 Å². The van der Waals surface area contributed by atoms with Gasteiger partial charge in [0.05, 0.1) is 5.60 Å². The van der Waals surface area contributed by atoms with Crippen molar-refractivity contribution in [1.29, 1.82) is 0 Å². The van der Waals surface area contributed by atoms with Crippen molar-refractivity contribution in [2.24, 2.45) is 39.9 Å². The lowest BCUT2D eigenvalue weighted by atomic mass is 9.39. The summed E-state index contributed by atoms with van der Waals surface area (Å²) >= 11 is 0. The molecule has 1 N–H and O–H groups in total. The van der Waals surface area contributed by atoms with Crippen LogP contribution in [0.2, 0.25) is 0 Å². The van der Waals surface area contributed by atoms with Crippen LogP contribution in [0.25, 0.3) is 0 Å². The van der Waals surface area contributed by atoms with Gasteiger partial charge in [0, 0.05) is 5.92 Å². The summed E-state index contributed by atoms with van der Waals surface area (Å²) in [6, 6.07) is 0. The molecule has 0 amide bonds. The Balaban J connectivity index is 1.38. The molecule has 31 heavy (non-hydrogen) atoms. The van der Waals surface area contributed by atoms with Crippen molar-refractivity contribution in [3.05, 3.63) is 5.82 Å². The smallest absolute Gasteiger partial charge is 0.158 e. The fraction of sp³-hybridized carbons (Fsp3) is 0.920. The van der Waals surface area contributed by atoms with Crippen LogP contribution in [0.3, 0.4) is 0 Å². The van der Waals surface area contributed by atoms with E-state index >= 15 is 0 Å². The Hall–Kier alpha value is -1.30. The predicted molar refractivity (Wildman–Crippen MR) is 118 cm³/mol. The normalized spacial score (nSPS) is 49.2. The highest BCUT2D eigenvalue weighted by molar-refractivity contribution is 5.82. The van der Waals surface area contributed by atoms with E-state index in [2.05, 4.69) is 36.3 Å². The zero-order valence-electron chi connectivity index (χ0n) is 20.0. The van der Waals surface area contributed by atoms with Gasteiger partial charge in [-0.2, -0.15) is 0 Å². The van der Waals surface area contributed by atoms with E-state index in [1.54, 1.807) is 4.68 Å². The number of rotatable bonds is 3. The predicted octanol–water partition coefficient (Wildman–Crippen LogP) is 4.35. The molecular formula is C25H40N4O2. The van der Waals surface area contributed by atoms with Crippen molar-refractivity contribution in [3.8, 4) is 0 Å². The summed E-state index contributed by atoms with van der Waals surface area (Å²) in [5.74, 6) is 3.28. The number of carbonyl (C=O) groups excluding carboxylic acids is 1. The maximum Gasteiger partial charge on any atom is 0.158 e. The number of ketones is 1. The van der Waals surface area contributed by atoms with Gasteiger partial charge in [-0.1, -0.05) is 20.8 Å². The largest absolute Gasteiger partial charge is 0.390 e. The van der Waals surface area contributed by atoms with Gasteiger partial charge in [0.25, 0.3) is 0 Å². The minimum atomic E-state index is -0.510. The molecule has 0 unspecified atom stereocenters.